The smallest absolute Gasteiger partial charge is 0.177 e. The van der Waals surface area contributed by atoms with Gasteiger partial charge in [-0.25, -0.2) is 8.42 Å². The van der Waals surface area contributed by atoms with Gasteiger partial charge in [0.2, 0.25) is 0 Å². The van der Waals surface area contributed by atoms with Crippen LogP contribution in [0.2, 0.25) is 0 Å². The van der Waals surface area contributed by atoms with Crippen LogP contribution in [-0.4, -0.2) is 21.3 Å². The van der Waals surface area contributed by atoms with Crippen LogP contribution in [0.1, 0.15) is 26.7 Å². The zero-order valence-corrected chi connectivity index (χ0v) is 12.0. The summed E-state index contributed by atoms with van der Waals surface area (Å²) in [4.78, 5) is 0.128. The summed E-state index contributed by atoms with van der Waals surface area (Å²) in [6.07, 6.45) is 3.32. The highest BCUT2D eigenvalue weighted by Gasteiger charge is 2.15. The van der Waals surface area contributed by atoms with E-state index in [9.17, 15) is 8.42 Å². The molecule has 1 rings (SSSR count). The lowest BCUT2D eigenvalue weighted by atomic mass is 10.1. The van der Waals surface area contributed by atoms with Gasteiger partial charge in [0.15, 0.2) is 9.84 Å². The quantitative estimate of drug-likeness (QED) is 0.807. The Bertz CT molecular complexity index is 497. The fraction of sp³-hybridized carbons (Fsp3) is 0.538. The van der Waals surface area contributed by atoms with Crippen LogP contribution in [0.3, 0.4) is 0 Å². The molecule has 1 atom stereocenters. The van der Waals surface area contributed by atoms with E-state index in [1.165, 1.54) is 6.07 Å². The highest BCUT2D eigenvalue weighted by molar-refractivity contribution is 7.90. The zero-order valence-electron chi connectivity index (χ0n) is 11.1. The van der Waals surface area contributed by atoms with Gasteiger partial charge in [0.1, 0.15) is 5.75 Å². The molecule has 0 aliphatic heterocycles. The van der Waals surface area contributed by atoms with E-state index in [1.807, 2.05) is 0 Å². The standard InChI is InChI=1S/C13H21NO3S/c1-4-6-10(2)9-17-11-7-5-8-12(13(11)14)18(3,15)16/h5,7-8,10H,4,6,9,14H2,1-3H3. The van der Waals surface area contributed by atoms with Crippen LogP contribution in [0, 0.1) is 5.92 Å². The van der Waals surface area contributed by atoms with Crippen molar-refractivity contribution in [3.63, 3.8) is 0 Å². The van der Waals surface area contributed by atoms with Crippen LogP contribution in [-0.2, 0) is 9.84 Å². The lowest BCUT2D eigenvalue weighted by molar-refractivity contribution is 0.252. The number of nitrogen functional groups attached to an aromatic ring is 1. The average Bonchev–Trinajstić information content (AvgIpc) is 2.26. The average molecular weight is 271 g/mol. The third-order valence-electron chi connectivity index (χ3n) is 2.73. The van der Waals surface area contributed by atoms with Gasteiger partial charge in [-0.1, -0.05) is 26.3 Å². The van der Waals surface area contributed by atoms with Gasteiger partial charge in [0.25, 0.3) is 0 Å². The highest BCUT2D eigenvalue weighted by atomic mass is 32.2. The number of benzene rings is 1. The summed E-state index contributed by atoms with van der Waals surface area (Å²) < 4.78 is 28.6. The van der Waals surface area contributed by atoms with Crippen molar-refractivity contribution in [2.75, 3.05) is 18.6 Å². The molecule has 1 aromatic rings. The minimum absolute atomic E-state index is 0.128. The van der Waals surface area contributed by atoms with E-state index in [4.69, 9.17) is 10.5 Å². The van der Waals surface area contributed by atoms with Crippen molar-refractivity contribution in [1.82, 2.24) is 0 Å². The number of rotatable bonds is 6. The van der Waals surface area contributed by atoms with Gasteiger partial charge in [0, 0.05) is 6.26 Å². The molecule has 0 spiro atoms. The zero-order chi connectivity index (χ0) is 13.8. The summed E-state index contributed by atoms with van der Waals surface area (Å²) in [6, 6.07) is 4.84. The summed E-state index contributed by atoms with van der Waals surface area (Å²) in [5.74, 6) is 0.872. The van der Waals surface area contributed by atoms with Crippen LogP contribution >= 0.6 is 0 Å². The first-order chi connectivity index (χ1) is 8.36. The van der Waals surface area contributed by atoms with E-state index in [0.717, 1.165) is 19.1 Å². The molecule has 0 saturated heterocycles. The molecule has 4 nitrogen and oxygen atoms in total. The summed E-state index contributed by atoms with van der Waals surface area (Å²) in [5, 5.41) is 0. The van der Waals surface area contributed by atoms with Crippen molar-refractivity contribution >= 4 is 15.5 Å². The Hall–Kier alpha value is -1.23. The molecule has 0 fully saturated rings. The number of nitrogens with two attached hydrogens (primary N) is 1. The fourth-order valence-corrected chi connectivity index (χ4v) is 2.61. The monoisotopic (exact) mass is 271 g/mol. The molecule has 0 radical (unpaired) electrons. The number of para-hydroxylation sites is 1. The number of hydrogen-bond acceptors (Lipinski definition) is 4. The van der Waals surface area contributed by atoms with Crippen molar-refractivity contribution in [3.05, 3.63) is 18.2 Å². The molecular formula is C13H21NO3S. The second kappa shape index (κ2) is 6.09. The second-order valence-corrected chi connectivity index (χ2v) is 6.63. The summed E-state index contributed by atoms with van der Waals surface area (Å²) in [7, 11) is -3.31. The molecule has 0 aliphatic rings. The van der Waals surface area contributed by atoms with Gasteiger partial charge in [0.05, 0.1) is 17.2 Å². The van der Waals surface area contributed by atoms with Gasteiger partial charge in [-0.2, -0.15) is 0 Å². The van der Waals surface area contributed by atoms with E-state index in [2.05, 4.69) is 13.8 Å². The van der Waals surface area contributed by atoms with Crippen LogP contribution in [0.15, 0.2) is 23.1 Å². The van der Waals surface area contributed by atoms with E-state index >= 15 is 0 Å². The van der Waals surface area contributed by atoms with Gasteiger partial charge >= 0.3 is 0 Å². The van der Waals surface area contributed by atoms with Crippen molar-refractivity contribution in [1.29, 1.82) is 0 Å². The molecule has 0 bridgehead atoms. The number of sulfone groups is 1. The van der Waals surface area contributed by atoms with Gasteiger partial charge in [-0.3, -0.25) is 0 Å². The largest absolute Gasteiger partial charge is 0.491 e. The predicted octanol–water partition coefficient (Wildman–Crippen LogP) is 2.49. The third-order valence-corrected chi connectivity index (χ3v) is 3.89. The van der Waals surface area contributed by atoms with Crippen LogP contribution in [0.4, 0.5) is 5.69 Å². The lowest BCUT2D eigenvalue weighted by Crippen LogP contribution is -2.11. The molecule has 1 unspecified atom stereocenters. The predicted molar refractivity (Wildman–Crippen MR) is 73.5 cm³/mol. The van der Waals surface area contributed by atoms with Crippen LogP contribution in [0.25, 0.3) is 0 Å². The molecular weight excluding hydrogens is 250 g/mol. The van der Waals surface area contributed by atoms with E-state index in [1.54, 1.807) is 12.1 Å². The van der Waals surface area contributed by atoms with Crippen molar-refractivity contribution in [2.45, 2.75) is 31.6 Å². The molecule has 0 aromatic heterocycles. The SMILES string of the molecule is CCCC(C)COc1cccc(S(C)(=O)=O)c1N. The summed E-state index contributed by atoms with van der Waals surface area (Å²) >= 11 is 0. The Morgan fingerprint density at radius 1 is 1.39 bits per heavy atom. The van der Waals surface area contributed by atoms with E-state index < -0.39 is 9.84 Å². The minimum atomic E-state index is -3.31. The Morgan fingerprint density at radius 2 is 2.06 bits per heavy atom. The van der Waals surface area contributed by atoms with Crippen LogP contribution in [0.5, 0.6) is 5.75 Å². The molecule has 0 amide bonds. The van der Waals surface area contributed by atoms with Crippen molar-refractivity contribution in [2.24, 2.45) is 5.92 Å². The fourth-order valence-electron chi connectivity index (χ4n) is 1.78. The topological polar surface area (TPSA) is 69.4 Å². The Balaban J connectivity index is 2.85. The maximum atomic E-state index is 11.5. The molecule has 0 saturated carbocycles. The van der Waals surface area contributed by atoms with E-state index in [-0.39, 0.29) is 10.6 Å². The molecule has 0 heterocycles. The van der Waals surface area contributed by atoms with Crippen molar-refractivity contribution in [3.8, 4) is 5.75 Å². The first kappa shape index (κ1) is 14.8. The Labute approximate surface area is 109 Å². The molecule has 102 valence electrons. The molecule has 2 N–H and O–H groups in total. The molecule has 1 aromatic carbocycles. The normalized spacial score (nSPS) is 13.3. The van der Waals surface area contributed by atoms with Crippen LogP contribution < -0.4 is 10.5 Å². The van der Waals surface area contributed by atoms with Crippen molar-refractivity contribution < 1.29 is 13.2 Å². The lowest BCUT2D eigenvalue weighted by Gasteiger charge is -2.14. The number of anilines is 1. The second-order valence-electron chi connectivity index (χ2n) is 4.64. The van der Waals surface area contributed by atoms with Gasteiger partial charge in [-0.05, 0) is 24.5 Å². The first-order valence-corrected chi connectivity index (χ1v) is 7.96. The molecule has 18 heavy (non-hydrogen) atoms. The highest BCUT2D eigenvalue weighted by Crippen LogP contribution is 2.29. The number of ether oxygens (including phenoxy) is 1. The maximum absolute atomic E-state index is 11.5. The first-order valence-electron chi connectivity index (χ1n) is 6.07. The number of hydrogen-bond donors (Lipinski definition) is 1. The maximum Gasteiger partial charge on any atom is 0.177 e. The Kier molecular flexibility index (Phi) is 5.02. The molecule has 5 heteroatoms. The van der Waals surface area contributed by atoms with E-state index in [0.29, 0.717) is 18.3 Å². The van der Waals surface area contributed by atoms with Gasteiger partial charge < -0.3 is 10.5 Å². The molecule has 0 aliphatic carbocycles. The Morgan fingerprint density at radius 3 is 2.61 bits per heavy atom. The van der Waals surface area contributed by atoms with Gasteiger partial charge in [-0.15, -0.1) is 0 Å². The minimum Gasteiger partial charge on any atom is -0.491 e. The summed E-state index contributed by atoms with van der Waals surface area (Å²) in [6.45, 7) is 4.76. The third kappa shape index (κ3) is 3.91. The summed E-state index contributed by atoms with van der Waals surface area (Å²) in [5.41, 5.74) is 6.02.